The summed E-state index contributed by atoms with van der Waals surface area (Å²) in [5.41, 5.74) is 5.87. The molecule has 0 saturated carbocycles. The number of nitriles is 1. The normalized spacial score (nSPS) is 11.4. The fourth-order valence-electron chi connectivity index (χ4n) is 3.68. The van der Waals surface area contributed by atoms with Gasteiger partial charge in [-0.15, -0.1) is 0 Å². The van der Waals surface area contributed by atoms with E-state index in [9.17, 15) is 10.1 Å². The molecule has 27 heavy (non-hydrogen) atoms. The van der Waals surface area contributed by atoms with Gasteiger partial charge in [0.05, 0.1) is 24.3 Å². The topological polar surface area (TPSA) is 65.9 Å². The van der Waals surface area contributed by atoms with Gasteiger partial charge in [0.1, 0.15) is 0 Å². The van der Waals surface area contributed by atoms with Crippen LogP contribution in [0.3, 0.4) is 0 Å². The molecular formula is C23H24N2O2. The third-order valence-electron chi connectivity index (χ3n) is 5.39. The van der Waals surface area contributed by atoms with Gasteiger partial charge in [0.15, 0.2) is 0 Å². The van der Waals surface area contributed by atoms with Gasteiger partial charge in [-0.3, -0.25) is 0 Å². The Morgan fingerprint density at radius 2 is 1.96 bits per heavy atom. The number of carbonyl (C=O) groups excluding carboxylic acids is 1. The average Bonchev–Trinajstić information content (AvgIpc) is 3.06. The lowest BCUT2D eigenvalue weighted by Crippen LogP contribution is -2.23. The van der Waals surface area contributed by atoms with Crippen molar-refractivity contribution in [3.63, 3.8) is 0 Å². The van der Waals surface area contributed by atoms with Crippen molar-refractivity contribution in [3.8, 4) is 6.07 Å². The van der Waals surface area contributed by atoms with Crippen molar-refractivity contribution >= 4 is 16.9 Å². The first kappa shape index (κ1) is 18.7. The molecule has 0 amide bonds. The van der Waals surface area contributed by atoms with Crippen molar-refractivity contribution in [2.24, 2.45) is 0 Å². The fourth-order valence-corrected chi connectivity index (χ4v) is 3.68. The van der Waals surface area contributed by atoms with Crippen LogP contribution in [0.1, 0.15) is 59.1 Å². The summed E-state index contributed by atoms with van der Waals surface area (Å²) in [4.78, 5) is 16.0. The molecule has 1 heterocycles. The van der Waals surface area contributed by atoms with Gasteiger partial charge >= 0.3 is 5.97 Å². The molecule has 1 aromatic heterocycles. The predicted molar refractivity (Wildman–Crippen MR) is 107 cm³/mol. The predicted octanol–water partition coefficient (Wildman–Crippen LogP) is 5.02. The average molecular weight is 360 g/mol. The first-order valence-corrected chi connectivity index (χ1v) is 9.08. The van der Waals surface area contributed by atoms with E-state index in [1.807, 2.05) is 6.07 Å². The van der Waals surface area contributed by atoms with Crippen LogP contribution in [0.25, 0.3) is 10.9 Å². The van der Waals surface area contributed by atoms with E-state index >= 15 is 0 Å². The summed E-state index contributed by atoms with van der Waals surface area (Å²) in [5, 5.41) is 9.96. The van der Waals surface area contributed by atoms with Crippen LogP contribution in [0, 0.1) is 18.3 Å². The van der Waals surface area contributed by atoms with Crippen LogP contribution < -0.4 is 0 Å². The zero-order valence-electron chi connectivity index (χ0n) is 16.4. The molecule has 0 aliphatic heterocycles. The van der Waals surface area contributed by atoms with Gasteiger partial charge in [-0.1, -0.05) is 45.0 Å². The zero-order chi connectivity index (χ0) is 19.8. The summed E-state index contributed by atoms with van der Waals surface area (Å²) >= 11 is 0. The minimum Gasteiger partial charge on any atom is -0.465 e. The molecule has 0 unspecified atom stereocenters. The molecule has 0 atom stereocenters. The molecule has 0 aliphatic carbocycles. The second kappa shape index (κ2) is 6.92. The Morgan fingerprint density at radius 3 is 2.56 bits per heavy atom. The molecule has 4 heteroatoms. The minimum atomic E-state index is -0.438. The number of hydrogen-bond acceptors (Lipinski definition) is 3. The van der Waals surface area contributed by atoms with Crippen molar-refractivity contribution in [2.75, 3.05) is 7.11 Å². The highest BCUT2D eigenvalue weighted by Crippen LogP contribution is 2.37. The quantitative estimate of drug-likeness (QED) is 0.664. The van der Waals surface area contributed by atoms with Gasteiger partial charge in [0, 0.05) is 22.0 Å². The lowest BCUT2D eigenvalue weighted by atomic mass is 9.78. The number of ether oxygens (including phenoxy) is 1. The maximum absolute atomic E-state index is 12.6. The number of benzene rings is 2. The summed E-state index contributed by atoms with van der Waals surface area (Å²) in [6.07, 6.45) is 0.989. The zero-order valence-corrected chi connectivity index (χ0v) is 16.4. The number of methoxy groups -OCH3 is 1. The number of hydrogen-bond donors (Lipinski definition) is 1. The van der Waals surface area contributed by atoms with Crippen molar-refractivity contribution in [1.29, 1.82) is 5.26 Å². The molecule has 3 rings (SSSR count). The van der Waals surface area contributed by atoms with Gasteiger partial charge in [-0.05, 0) is 42.2 Å². The Labute approximate surface area is 159 Å². The van der Waals surface area contributed by atoms with Crippen molar-refractivity contribution in [1.82, 2.24) is 4.98 Å². The number of rotatable bonds is 4. The van der Waals surface area contributed by atoms with Gasteiger partial charge < -0.3 is 9.72 Å². The maximum Gasteiger partial charge on any atom is 0.340 e. The van der Waals surface area contributed by atoms with E-state index in [4.69, 9.17) is 4.74 Å². The molecule has 1 N–H and O–H groups in total. The molecule has 0 radical (unpaired) electrons. The number of fused-ring (bicyclic) bond motifs is 1. The number of aromatic nitrogens is 1. The second-order valence-electron chi connectivity index (χ2n) is 7.36. The summed E-state index contributed by atoms with van der Waals surface area (Å²) < 4.78 is 5.07. The Hall–Kier alpha value is -3.06. The first-order valence-electron chi connectivity index (χ1n) is 9.08. The van der Waals surface area contributed by atoms with Crippen LogP contribution in [0.15, 0.2) is 36.4 Å². The van der Waals surface area contributed by atoms with Crippen LogP contribution in [0.4, 0.5) is 0 Å². The van der Waals surface area contributed by atoms with E-state index in [0.717, 1.165) is 28.6 Å². The Bertz CT molecular complexity index is 1070. The smallest absolute Gasteiger partial charge is 0.340 e. The number of H-pyrrole nitrogens is 1. The Kier molecular flexibility index (Phi) is 4.80. The number of nitrogens with zero attached hydrogens (tertiary/aromatic N) is 1. The van der Waals surface area contributed by atoms with E-state index in [1.54, 1.807) is 12.1 Å². The van der Waals surface area contributed by atoms with E-state index < -0.39 is 5.41 Å². The van der Waals surface area contributed by atoms with Crippen molar-refractivity contribution in [2.45, 2.75) is 39.5 Å². The number of carbonyl (C=O) groups is 1. The van der Waals surface area contributed by atoms with Crippen molar-refractivity contribution < 1.29 is 9.53 Å². The largest absolute Gasteiger partial charge is 0.465 e. The lowest BCUT2D eigenvalue weighted by Gasteiger charge is -2.26. The van der Waals surface area contributed by atoms with Crippen LogP contribution in [-0.4, -0.2) is 18.1 Å². The highest BCUT2D eigenvalue weighted by molar-refractivity contribution is 6.06. The number of esters is 1. The third kappa shape index (κ3) is 3.10. The SMILES string of the molecule is CCc1ccc(C(C)(C)c2[nH]c3cc(C#N)ccc3c2C(=O)OC)cc1C. The molecule has 4 nitrogen and oxygen atoms in total. The summed E-state index contributed by atoms with van der Waals surface area (Å²) in [6.45, 7) is 8.45. The highest BCUT2D eigenvalue weighted by atomic mass is 16.5. The molecule has 0 bridgehead atoms. The number of nitrogens with one attached hydrogen (secondary N) is 1. The second-order valence-corrected chi connectivity index (χ2v) is 7.36. The van der Waals surface area contributed by atoms with Gasteiger partial charge in [-0.25, -0.2) is 4.79 Å². The van der Waals surface area contributed by atoms with E-state index in [-0.39, 0.29) is 5.97 Å². The maximum atomic E-state index is 12.6. The molecule has 2 aromatic carbocycles. The molecule has 0 aliphatic rings. The van der Waals surface area contributed by atoms with E-state index in [1.165, 1.54) is 18.2 Å². The minimum absolute atomic E-state index is 0.379. The lowest BCUT2D eigenvalue weighted by molar-refractivity contribution is 0.0600. The third-order valence-corrected chi connectivity index (χ3v) is 5.39. The van der Waals surface area contributed by atoms with Crippen LogP contribution >= 0.6 is 0 Å². The standard InChI is InChI=1S/C23H24N2O2/c1-6-16-8-9-17(11-14(16)2)23(3,4)21-20(22(26)27-5)18-10-7-15(13-24)12-19(18)25-21/h7-12,25H,6H2,1-5H3. The van der Waals surface area contributed by atoms with Crippen LogP contribution in [-0.2, 0) is 16.6 Å². The molecular weight excluding hydrogens is 336 g/mol. The van der Waals surface area contributed by atoms with Crippen LogP contribution in [0.2, 0.25) is 0 Å². The van der Waals surface area contributed by atoms with E-state index in [2.05, 4.69) is 56.9 Å². The van der Waals surface area contributed by atoms with Crippen molar-refractivity contribution in [3.05, 3.63) is 69.9 Å². The van der Waals surface area contributed by atoms with Gasteiger partial charge in [0.25, 0.3) is 0 Å². The molecule has 0 spiro atoms. The molecule has 0 fully saturated rings. The molecule has 138 valence electrons. The molecule has 0 saturated heterocycles. The Morgan fingerprint density at radius 1 is 1.22 bits per heavy atom. The van der Waals surface area contributed by atoms with Crippen LogP contribution in [0.5, 0.6) is 0 Å². The van der Waals surface area contributed by atoms with Gasteiger partial charge in [-0.2, -0.15) is 5.26 Å². The first-order chi connectivity index (χ1) is 12.8. The number of aromatic amines is 1. The van der Waals surface area contributed by atoms with Gasteiger partial charge in [0.2, 0.25) is 0 Å². The molecule has 3 aromatic rings. The highest BCUT2D eigenvalue weighted by Gasteiger charge is 2.32. The summed E-state index contributed by atoms with van der Waals surface area (Å²) in [5.74, 6) is -0.379. The Balaban J connectivity index is 2.26. The monoisotopic (exact) mass is 360 g/mol. The summed E-state index contributed by atoms with van der Waals surface area (Å²) in [7, 11) is 1.39. The fraction of sp³-hybridized carbons (Fsp3) is 0.304. The number of aryl methyl sites for hydroxylation is 2. The summed E-state index contributed by atoms with van der Waals surface area (Å²) in [6, 6.07) is 13.9. The van der Waals surface area contributed by atoms with E-state index in [0.29, 0.717) is 11.1 Å².